The molecule has 2 aromatic carbocycles. The van der Waals surface area contributed by atoms with Gasteiger partial charge in [0.25, 0.3) is 0 Å². The van der Waals surface area contributed by atoms with Crippen molar-refractivity contribution in [1.29, 1.82) is 0 Å². The number of hydrogen-bond donors (Lipinski definition) is 2. The first-order chi connectivity index (χ1) is 12.7. The van der Waals surface area contributed by atoms with Gasteiger partial charge in [-0.1, -0.05) is 53.5 Å². The Morgan fingerprint density at radius 3 is 2.15 bits per heavy atom. The zero-order valence-electron chi connectivity index (χ0n) is 15.7. The molecule has 2 aromatic rings. The van der Waals surface area contributed by atoms with Gasteiger partial charge in [-0.3, -0.25) is 4.79 Å². The molecule has 2 atom stereocenters. The summed E-state index contributed by atoms with van der Waals surface area (Å²) < 4.78 is 5.46. The molecule has 0 heterocycles. The van der Waals surface area contributed by atoms with Crippen LogP contribution in [0.1, 0.15) is 50.4 Å². The highest BCUT2D eigenvalue weighted by Crippen LogP contribution is 2.28. The summed E-state index contributed by atoms with van der Waals surface area (Å²) in [5, 5.41) is 14.2. The van der Waals surface area contributed by atoms with E-state index < -0.39 is 11.6 Å². The Hall–Kier alpha value is -1.59. The lowest BCUT2D eigenvalue weighted by molar-refractivity contribution is -0.155. The van der Waals surface area contributed by atoms with E-state index in [9.17, 15) is 9.90 Å². The third-order valence-electron chi connectivity index (χ3n) is 3.86. The molecule has 2 rings (SSSR count). The minimum absolute atomic E-state index is 0.0806. The third kappa shape index (κ3) is 7.15. The van der Waals surface area contributed by atoms with Crippen LogP contribution < -0.4 is 5.32 Å². The zero-order chi connectivity index (χ0) is 20.0. The lowest BCUT2D eigenvalue weighted by atomic mass is 10.00. The minimum atomic E-state index is -0.580. The van der Waals surface area contributed by atoms with Gasteiger partial charge in [-0.2, -0.15) is 0 Å². The fourth-order valence-electron chi connectivity index (χ4n) is 2.78. The fourth-order valence-corrected chi connectivity index (χ4v) is 3.32. The van der Waals surface area contributed by atoms with E-state index in [2.05, 4.69) is 5.32 Å². The number of aliphatic hydroxyl groups excluding tert-OH is 1. The molecule has 0 spiro atoms. The lowest BCUT2D eigenvalue weighted by Gasteiger charge is -2.27. The Morgan fingerprint density at radius 1 is 1.04 bits per heavy atom. The predicted octanol–water partition coefficient (Wildman–Crippen LogP) is 5.09. The van der Waals surface area contributed by atoms with E-state index in [0.717, 1.165) is 11.1 Å². The Morgan fingerprint density at radius 2 is 1.63 bits per heavy atom. The van der Waals surface area contributed by atoms with Gasteiger partial charge in [-0.05, 0) is 50.1 Å². The molecule has 0 fully saturated rings. The molecule has 0 bridgehead atoms. The van der Waals surface area contributed by atoms with Crippen LogP contribution >= 0.6 is 23.2 Å². The van der Waals surface area contributed by atoms with Crippen LogP contribution in [-0.4, -0.2) is 23.3 Å². The Bertz CT molecular complexity index is 740. The second-order valence-corrected chi connectivity index (χ2v) is 8.23. The van der Waals surface area contributed by atoms with Gasteiger partial charge in [-0.15, -0.1) is 0 Å². The summed E-state index contributed by atoms with van der Waals surface area (Å²) in [6.07, 6.45) is 0.0806. The number of esters is 1. The summed E-state index contributed by atoms with van der Waals surface area (Å²) >= 11 is 12.3. The summed E-state index contributed by atoms with van der Waals surface area (Å²) in [6, 6.07) is 13.9. The first-order valence-electron chi connectivity index (χ1n) is 8.77. The van der Waals surface area contributed by atoms with Crippen LogP contribution in [0, 0.1) is 0 Å². The van der Waals surface area contributed by atoms with Crippen molar-refractivity contribution in [3.63, 3.8) is 0 Å². The van der Waals surface area contributed by atoms with Crippen LogP contribution in [0.3, 0.4) is 0 Å². The minimum Gasteiger partial charge on any atom is -0.460 e. The van der Waals surface area contributed by atoms with E-state index in [-0.39, 0.29) is 25.0 Å². The Kier molecular flexibility index (Phi) is 7.68. The van der Waals surface area contributed by atoms with Crippen LogP contribution in [0.2, 0.25) is 10.0 Å². The molecule has 2 N–H and O–H groups in total. The van der Waals surface area contributed by atoms with Gasteiger partial charge in [0, 0.05) is 16.1 Å². The molecule has 0 saturated carbocycles. The number of aliphatic hydroxyl groups is 1. The second-order valence-electron chi connectivity index (χ2n) is 7.36. The highest BCUT2D eigenvalue weighted by Gasteiger charge is 2.25. The molecule has 0 unspecified atom stereocenters. The zero-order valence-corrected chi connectivity index (χ0v) is 17.2. The van der Waals surface area contributed by atoms with Crippen LogP contribution in [0.25, 0.3) is 0 Å². The average molecular weight is 410 g/mol. The van der Waals surface area contributed by atoms with Crippen molar-refractivity contribution >= 4 is 29.2 Å². The summed E-state index contributed by atoms with van der Waals surface area (Å²) in [7, 11) is 0. The van der Waals surface area contributed by atoms with E-state index >= 15 is 0 Å². The maximum absolute atomic E-state index is 12.4. The van der Waals surface area contributed by atoms with Gasteiger partial charge in [0.15, 0.2) is 0 Å². The third-order valence-corrected chi connectivity index (χ3v) is 4.30. The summed E-state index contributed by atoms with van der Waals surface area (Å²) in [5.74, 6) is -0.346. The van der Waals surface area contributed by atoms with Crippen LogP contribution in [0.15, 0.2) is 48.5 Å². The molecule has 146 valence electrons. The second kappa shape index (κ2) is 9.56. The SMILES string of the molecule is CC(C)(C)OC(=O)C[C@H](N[C@H](CO)c1ccccc1)c1cc(Cl)cc(Cl)c1. The monoisotopic (exact) mass is 409 g/mol. The van der Waals surface area contributed by atoms with E-state index in [1.807, 2.05) is 51.1 Å². The van der Waals surface area contributed by atoms with Crippen molar-refractivity contribution in [3.05, 3.63) is 69.7 Å². The Labute approximate surface area is 170 Å². The van der Waals surface area contributed by atoms with Crippen LogP contribution in [-0.2, 0) is 9.53 Å². The molecule has 0 aliphatic rings. The smallest absolute Gasteiger partial charge is 0.308 e. The number of carbonyl (C=O) groups excluding carboxylic acids is 1. The molecular formula is C21H25Cl2NO3. The molecule has 0 aromatic heterocycles. The molecule has 0 amide bonds. The molecule has 0 saturated heterocycles. The number of benzene rings is 2. The predicted molar refractivity (Wildman–Crippen MR) is 109 cm³/mol. The number of hydrogen-bond acceptors (Lipinski definition) is 4. The highest BCUT2D eigenvalue weighted by atomic mass is 35.5. The first kappa shape index (κ1) is 21.7. The standard InChI is InChI=1S/C21H25Cl2NO3/c1-21(2,3)27-20(26)12-18(15-9-16(22)11-17(23)10-15)24-19(13-25)14-7-5-4-6-8-14/h4-11,18-19,24-25H,12-13H2,1-3H3/t18-,19+/m0/s1. The first-order valence-corrected chi connectivity index (χ1v) is 9.53. The van der Waals surface area contributed by atoms with Crippen LogP contribution in [0.5, 0.6) is 0 Å². The largest absolute Gasteiger partial charge is 0.460 e. The van der Waals surface area contributed by atoms with E-state index in [0.29, 0.717) is 10.0 Å². The number of ether oxygens (including phenoxy) is 1. The van der Waals surface area contributed by atoms with Crippen molar-refractivity contribution in [3.8, 4) is 0 Å². The summed E-state index contributed by atoms with van der Waals surface area (Å²) in [6.45, 7) is 5.35. The van der Waals surface area contributed by atoms with Crippen molar-refractivity contribution in [1.82, 2.24) is 5.32 Å². The van der Waals surface area contributed by atoms with Gasteiger partial charge in [0.05, 0.1) is 19.1 Å². The maximum Gasteiger partial charge on any atom is 0.308 e. The number of carbonyl (C=O) groups is 1. The van der Waals surface area contributed by atoms with Gasteiger partial charge >= 0.3 is 5.97 Å². The fraction of sp³-hybridized carbons (Fsp3) is 0.381. The molecule has 0 aliphatic carbocycles. The van der Waals surface area contributed by atoms with Crippen LogP contribution in [0.4, 0.5) is 0 Å². The molecule has 0 radical (unpaired) electrons. The van der Waals surface area contributed by atoms with Crippen molar-refractivity contribution < 1.29 is 14.6 Å². The summed E-state index contributed by atoms with van der Waals surface area (Å²) in [4.78, 5) is 12.4. The molecule has 27 heavy (non-hydrogen) atoms. The van der Waals surface area contributed by atoms with Crippen molar-refractivity contribution in [2.24, 2.45) is 0 Å². The molecule has 4 nitrogen and oxygen atoms in total. The van der Waals surface area contributed by atoms with Crippen molar-refractivity contribution in [2.45, 2.75) is 44.9 Å². The molecular weight excluding hydrogens is 385 g/mol. The normalized spacial score (nSPS) is 13.9. The van der Waals surface area contributed by atoms with Gasteiger partial charge < -0.3 is 15.2 Å². The van der Waals surface area contributed by atoms with E-state index in [4.69, 9.17) is 27.9 Å². The van der Waals surface area contributed by atoms with E-state index in [1.165, 1.54) is 0 Å². The maximum atomic E-state index is 12.4. The van der Waals surface area contributed by atoms with Gasteiger partial charge in [0.1, 0.15) is 5.60 Å². The topological polar surface area (TPSA) is 58.6 Å². The quantitative estimate of drug-likeness (QED) is 0.625. The van der Waals surface area contributed by atoms with Crippen molar-refractivity contribution in [2.75, 3.05) is 6.61 Å². The number of nitrogens with one attached hydrogen (secondary N) is 1. The molecule has 0 aliphatic heterocycles. The lowest BCUT2D eigenvalue weighted by Crippen LogP contribution is -2.32. The van der Waals surface area contributed by atoms with Gasteiger partial charge in [-0.25, -0.2) is 0 Å². The van der Waals surface area contributed by atoms with E-state index in [1.54, 1.807) is 18.2 Å². The summed E-state index contributed by atoms with van der Waals surface area (Å²) in [5.41, 5.74) is 1.10. The highest BCUT2D eigenvalue weighted by molar-refractivity contribution is 6.34. The number of rotatable bonds is 7. The Balaban J connectivity index is 2.29. The number of halogens is 2. The van der Waals surface area contributed by atoms with Gasteiger partial charge in [0.2, 0.25) is 0 Å². The molecule has 6 heteroatoms. The average Bonchev–Trinajstić information content (AvgIpc) is 2.56.